The van der Waals surface area contributed by atoms with E-state index in [4.69, 9.17) is 0 Å². The first kappa shape index (κ1) is 18.9. The number of nitrogens with zero attached hydrogens (tertiary/aromatic N) is 3. The van der Waals surface area contributed by atoms with Crippen LogP contribution in [0.4, 0.5) is 17.2 Å². The monoisotopic (exact) mass is 387 g/mol. The first-order valence-electron chi connectivity index (χ1n) is 9.95. The summed E-state index contributed by atoms with van der Waals surface area (Å²) in [6.07, 6.45) is 3.89. The number of anilines is 3. The number of carbonyl (C=O) groups excluding carboxylic acids is 1. The van der Waals surface area contributed by atoms with Crippen molar-refractivity contribution in [3.05, 3.63) is 77.7 Å². The predicted octanol–water partition coefficient (Wildman–Crippen LogP) is 4.25. The molecule has 0 bridgehead atoms. The molecule has 1 aliphatic rings. The van der Waals surface area contributed by atoms with Crippen LogP contribution in [-0.2, 0) is 6.54 Å². The molecule has 0 aliphatic carbocycles. The van der Waals surface area contributed by atoms with Gasteiger partial charge in [-0.05, 0) is 49.6 Å². The standard InChI is InChI=1S/C23H25N5O/c1-17-4-6-18(7-5-17)15-24-22-14-21(25-16-26-22)23(29)27-19-8-10-20(11-9-19)28-12-2-3-13-28/h4-11,14,16H,2-3,12-13,15H2,1H3,(H,27,29)(H,24,25,26). The minimum atomic E-state index is -0.250. The number of amides is 1. The van der Waals surface area contributed by atoms with Crippen molar-refractivity contribution in [1.29, 1.82) is 0 Å². The third-order valence-corrected chi connectivity index (χ3v) is 5.09. The first-order chi connectivity index (χ1) is 14.2. The Bertz CT molecular complexity index is 963. The van der Waals surface area contributed by atoms with Crippen LogP contribution in [0.2, 0.25) is 0 Å². The van der Waals surface area contributed by atoms with E-state index in [-0.39, 0.29) is 5.91 Å². The zero-order chi connectivity index (χ0) is 20.1. The minimum Gasteiger partial charge on any atom is -0.372 e. The quantitative estimate of drug-likeness (QED) is 0.662. The van der Waals surface area contributed by atoms with Gasteiger partial charge in [0.25, 0.3) is 5.91 Å². The van der Waals surface area contributed by atoms with Crippen molar-refractivity contribution in [2.75, 3.05) is 28.6 Å². The highest BCUT2D eigenvalue weighted by Gasteiger charge is 2.13. The van der Waals surface area contributed by atoms with Crippen LogP contribution in [0.5, 0.6) is 0 Å². The molecule has 3 aromatic rings. The third-order valence-electron chi connectivity index (χ3n) is 5.09. The predicted molar refractivity (Wildman–Crippen MR) is 116 cm³/mol. The largest absolute Gasteiger partial charge is 0.372 e. The molecule has 6 nitrogen and oxygen atoms in total. The molecule has 2 N–H and O–H groups in total. The Balaban J connectivity index is 1.37. The molecule has 1 aliphatic heterocycles. The van der Waals surface area contributed by atoms with Gasteiger partial charge in [-0.3, -0.25) is 4.79 Å². The molecule has 2 heterocycles. The maximum absolute atomic E-state index is 12.6. The Morgan fingerprint density at radius 1 is 1.00 bits per heavy atom. The van der Waals surface area contributed by atoms with Gasteiger partial charge in [0.05, 0.1) is 0 Å². The number of rotatable bonds is 6. The van der Waals surface area contributed by atoms with E-state index in [1.807, 2.05) is 12.1 Å². The summed E-state index contributed by atoms with van der Waals surface area (Å²) in [5.74, 6) is 0.370. The normalized spacial score (nSPS) is 13.3. The smallest absolute Gasteiger partial charge is 0.274 e. The molecule has 29 heavy (non-hydrogen) atoms. The van der Waals surface area contributed by atoms with Gasteiger partial charge in [-0.2, -0.15) is 0 Å². The van der Waals surface area contributed by atoms with Crippen LogP contribution < -0.4 is 15.5 Å². The molecule has 1 aromatic heterocycles. The topological polar surface area (TPSA) is 70.2 Å². The molecule has 148 valence electrons. The Hall–Kier alpha value is -3.41. The SMILES string of the molecule is Cc1ccc(CNc2cc(C(=O)Nc3ccc(N4CCCC4)cc3)ncn2)cc1. The molecule has 0 atom stereocenters. The summed E-state index contributed by atoms with van der Waals surface area (Å²) in [5, 5.41) is 6.15. The highest BCUT2D eigenvalue weighted by atomic mass is 16.1. The summed E-state index contributed by atoms with van der Waals surface area (Å²) in [5.41, 5.74) is 4.66. The number of carbonyl (C=O) groups is 1. The Labute approximate surface area is 171 Å². The summed E-state index contributed by atoms with van der Waals surface area (Å²) in [7, 11) is 0. The van der Waals surface area contributed by atoms with Gasteiger partial charge in [0, 0.05) is 37.1 Å². The van der Waals surface area contributed by atoms with Crippen LogP contribution in [0.1, 0.15) is 34.5 Å². The number of aromatic nitrogens is 2. The molecule has 4 rings (SSSR count). The van der Waals surface area contributed by atoms with E-state index in [0.29, 0.717) is 18.1 Å². The lowest BCUT2D eigenvalue weighted by atomic mass is 10.1. The maximum atomic E-state index is 12.6. The molecule has 1 amide bonds. The fourth-order valence-electron chi connectivity index (χ4n) is 3.40. The van der Waals surface area contributed by atoms with Crippen LogP contribution in [0.15, 0.2) is 60.9 Å². The molecule has 1 fully saturated rings. The van der Waals surface area contributed by atoms with E-state index in [1.54, 1.807) is 6.07 Å². The Morgan fingerprint density at radius 3 is 2.45 bits per heavy atom. The van der Waals surface area contributed by atoms with Gasteiger partial charge in [0.1, 0.15) is 17.8 Å². The van der Waals surface area contributed by atoms with Crippen molar-refractivity contribution in [2.24, 2.45) is 0 Å². The van der Waals surface area contributed by atoms with E-state index in [1.165, 1.54) is 30.4 Å². The molecule has 0 radical (unpaired) electrons. The fourth-order valence-corrected chi connectivity index (χ4v) is 3.40. The second kappa shape index (κ2) is 8.73. The average molecular weight is 387 g/mol. The summed E-state index contributed by atoms with van der Waals surface area (Å²) < 4.78 is 0. The van der Waals surface area contributed by atoms with Crippen molar-refractivity contribution in [3.8, 4) is 0 Å². The highest BCUT2D eigenvalue weighted by molar-refractivity contribution is 6.03. The molecule has 1 saturated heterocycles. The third kappa shape index (κ3) is 4.90. The molecule has 2 aromatic carbocycles. The van der Waals surface area contributed by atoms with Gasteiger partial charge < -0.3 is 15.5 Å². The van der Waals surface area contributed by atoms with Crippen molar-refractivity contribution < 1.29 is 4.79 Å². The first-order valence-corrected chi connectivity index (χ1v) is 9.95. The summed E-state index contributed by atoms with van der Waals surface area (Å²) in [6.45, 7) is 4.90. The van der Waals surface area contributed by atoms with Gasteiger partial charge in [-0.15, -0.1) is 0 Å². The molecule has 0 unspecified atom stereocenters. The maximum Gasteiger partial charge on any atom is 0.274 e. The molecule has 6 heteroatoms. The number of aryl methyl sites for hydroxylation is 1. The van der Waals surface area contributed by atoms with E-state index >= 15 is 0 Å². The van der Waals surface area contributed by atoms with Crippen molar-refractivity contribution in [3.63, 3.8) is 0 Å². The van der Waals surface area contributed by atoms with E-state index in [0.717, 1.165) is 24.3 Å². The van der Waals surface area contributed by atoms with Gasteiger partial charge in [-0.1, -0.05) is 29.8 Å². The molecule has 0 saturated carbocycles. The van der Waals surface area contributed by atoms with Crippen LogP contribution in [0.3, 0.4) is 0 Å². The Kier molecular flexibility index (Phi) is 5.70. The number of nitrogens with one attached hydrogen (secondary N) is 2. The summed E-state index contributed by atoms with van der Waals surface area (Å²) >= 11 is 0. The second-order valence-corrected chi connectivity index (χ2v) is 7.32. The van der Waals surface area contributed by atoms with Gasteiger partial charge >= 0.3 is 0 Å². The van der Waals surface area contributed by atoms with Crippen molar-refractivity contribution in [1.82, 2.24) is 9.97 Å². The van der Waals surface area contributed by atoms with Crippen LogP contribution >= 0.6 is 0 Å². The van der Waals surface area contributed by atoms with Gasteiger partial charge in [-0.25, -0.2) is 9.97 Å². The van der Waals surface area contributed by atoms with Crippen molar-refractivity contribution >= 4 is 23.1 Å². The summed E-state index contributed by atoms with van der Waals surface area (Å²) in [4.78, 5) is 23.3. The van der Waals surface area contributed by atoms with Gasteiger partial charge in [0.2, 0.25) is 0 Å². The van der Waals surface area contributed by atoms with Crippen molar-refractivity contribution in [2.45, 2.75) is 26.3 Å². The van der Waals surface area contributed by atoms with Crippen LogP contribution in [0, 0.1) is 6.92 Å². The lowest BCUT2D eigenvalue weighted by molar-refractivity contribution is 0.102. The van der Waals surface area contributed by atoms with Crippen LogP contribution in [0.25, 0.3) is 0 Å². The number of hydrogen-bond acceptors (Lipinski definition) is 5. The zero-order valence-electron chi connectivity index (χ0n) is 16.6. The lowest BCUT2D eigenvalue weighted by Gasteiger charge is -2.17. The zero-order valence-corrected chi connectivity index (χ0v) is 16.6. The number of benzene rings is 2. The van der Waals surface area contributed by atoms with Crippen LogP contribution in [-0.4, -0.2) is 29.0 Å². The minimum absolute atomic E-state index is 0.250. The Morgan fingerprint density at radius 2 is 1.72 bits per heavy atom. The number of hydrogen-bond donors (Lipinski definition) is 2. The van der Waals surface area contributed by atoms with Gasteiger partial charge in [0.15, 0.2) is 0 Å². The average Bonchev–Trinajstić information content (AvgIpc) is 3.29. The van der Waals surface area contributed by atoms with E-state index < -0.39 is 0 Å². The second-order valence-electron chi connectivity index (χ2n) is 7.32. The molecular formula is C23H25N5O. The molecular weight excluding hydrogens is 362 g/mol. The van der Waals surface area contributed by atoms with E-state index in [9.17, 15) is 4.79 Å². The lowest BCUT2D eigenvalue weighted by Crippen LogP contribution is -2.18. The molecule has 0 spiro atoms. The summed E-state index contributed by atoms with van der Waals surface area (Å²) in [6, 6.07) is 17.9. The fraction of sp³-hybridized carbons (Fsp3) is 0.261. The van der Waals surface area contributed by atoms with E-state index in [2.05, 4.69) is 68.8 Å². The highest BCUT2D eigenvalue weighted by Crippen LogP contribution is 2.22.